The highest BCUT2D eigenvalue weighted by molar-refractivity contribution is 5.22. The molecule has 0 heterocycles. The van der Waals surface area contributed by atoms with E-state index in [0.29, 0.717) is 0 Å². The minimum atomic E-state index is -5.50. The molecule has 0 fully saturated rings. The summed E-state index contributed by atoms with van der Waals surface area (Å²) in [4.78, 5) is 0. The Hall–Kier alpha value is -2.50. The summed E-state index contributed by atoms with van der Waals surface area (Å²) in [5.74, 6) is 1.63. The third-order valence-corrected chi connectivity index (χ3v) is 3.49. The lowest BCUT2D eigenvalue weighted by Gasteiger charge is -2.28. The van der Waals surface area contributed by atoms with Crippen LogP contribution in [0, 0.1) is 0 Å². The van der Waals surface area contributed by atoms with E-state index < -0.39 is 31.7 Å². The zero-order chi connectivity index (χ0) is 24.8. The highest BCUT2D eigenvalue weighted by atomic mass is 19.3. The minimum absolute atomic E-state index is 0.00833. The minimum Gasteiger partial charge on any atom is -0.458 e. The summed E-state index contributed by atoms with van der Waals surface area (Å²) in [5, 5.41) is 0. The lowest BCUT2D eigenvalue weighted by atomic mass is 10.3. The van der Waals surface area contributed by atoms with Crippen LogP contribution in [0.2, 0.25) is 0 Å². The zero-order valence-electron chi connectivity index (χ0n) is 18.1. The smallest absolute Gasteiger partial charge is 0.458 e. The Morgan fingerprint density at radius 1 is 0.606 bits per heavy atom. The topological polar surface area (TPSA) is 46.2 Å². The fourth-order valence-corrected chi connectivity index (χ4v) is 1.97. The molecule has 33 heavy (non-hydrogen) atoms. The van der Waals surface area contributed by atoms with Crippen molar-refractivity contribution in [3.63, 3.8) is 0 Å². The van der Waals surface area contributed by atoms with E-state index in [2.05, 4.69) is 14.2 Å². The van der Waals surface area contributed by atoms with Gasteiger partial charge < -0.3 is 14.2 Å². The van der Waals surface area contributed by atoms with Crippen molar-refractivity contribution in [3.05, 3.63) is 60.7 Å². The molecule has 0 atom stereocenters. The van der Waals surface area contributed by atoms with E-state index in [9.17, 15) is 26.3 Å². The van der Waals surface area contributed by atoms with Crippen LogP contribution in [0.15, 0.2) is 60.7 Å². The zero-order valence-corrected chi connectivity index (χ0v) is 18.1. The molecule has 0 saturated carbocycles. The second-order valence-electron chi connectivity index (χ2n) is 6.33. The highest BCUT2D eigenvalue weighted by Crippen LogP contribution is 2.40. The Labute approximate surface area is 188 Å². The molecule has 2 aromatic rings. The van der Waals surface area contributed by atoms with Gasteiger partial charge in [0, 0.05) is 0 Å². The van der Waals surface area contributed by atoms with Crippen molar-refractivity contribution >= 4 is 0 Å². The third-order valence-electron chi connectivity index (χ3n) is 3.49. The number of hydrogen-bond donors (Lipinski definition) is 0. The van der Waals surface area contributed by atoms with E-state index >= 15 is 0 Å². The van der Waals surface area contributed by atoms with Gasteiger partial charge in [0.15, 0.2) is 0 Å². The Morgan fingerprint density at radius 2 is 1.03 bits per heavy atom. The van der Waals surface area contributed by atoms with Gasteiger partial charge in [0.05, 0.1) is 13.2 Å². The molecule has 0 spiro atoms. The van der Waals surface area contributed by atoms with Gasteiger partial charge in [-0.05, 0) is 37.1 Å². The van der Waals surface area contributed by atoms with Gasteiger partial charge in [-0.1, -0.05) is 50.2 Å². The van der Waals surface area contributed by atoms with Gasteiger partial charge in [-0.15, -0.1) is 8.78 Å². The first-order valence-corrected chi connectivity index (χ1v) is 10.00. The van der Waals surface area contributed by atoms with Crippen LogP contribution in [-0.4, -0.2) is 38.5 Å². The fourth-order valence-electron chi connectivity index (χ4n) is 1.97. The van der Waals surface area contributed by atoms with Gasteiger partial charge in [-0.2, -0.15) is 17.6 Å². The van der Waals surface area contributed by atoms with Crippen molar-refractivity contribution in [3.8, 4) is 11.5 Å². The third kappa shape index (κ3) is 11.3. The van der Waals surface area contributed by atoms with Crippen LogP contribution in [0.5, 0.6) is 11.5 Å². The average Bonchev–Trinajstić information content (AvgIpc) is 2.77. The molecule has 0 saturated heterocycles. The molecule has 0 aromatic heterocycles. The summed E-state index contributed by atoms with van der Waals surface area (Å²) in [7, 11) is 0. The molecule has 0 radical (unpaired) electrons. The summed E-state index contributed by atoms with van der Waals surface area (Å²) in [6.07, 6.45) is -15.4. The Morgan fingerprint density at radius 3 is 1.45 bits per heavy atom. The molecule has 0 N–H and O–H groups in total. The van der Waals surface area contributed by atoms with E-state index in [-0.39, 0.29) is 19.6 Å². The van der Waals surface area contributed by atoms with E-state index in [1.807, 2.05) is 60.7 Å². The van der Waals surface area contributed by atoms with E-state index in [4.69, 9.17) is 9.47 Å². The first-order chi connectivity index (χ1) is 15.5. The van der Waals surface area contributed by atoms with Gasteiger partial charge in [-0.25, -0.2) is 4.74 Å². The SMILES string of the molecule is CCCOC(F)(F)OC(F)(F)C(F)(F)OCCC.c1ccc(OCOc2ccccc2)cc1. The molecule has 0 aliphatic heterocycles. The molecular formula is C22H26F6O5. The molecule has 2 aromatic carbocycles. The molecule has 0 unspecified atom stereocenters. The molecular weight excluding hydrogens is 458 g/mol. The summed E-state index contributed by atoms with van der Waals surface area (Å²) in [6, 6.07) is 19.2. The predicted molar refractivity (Wildman–Crippen MR) is 107 cm³/mol. The molecule has 11 heteroatoms. The van der Waals surface area contributed by atoms with Crippen LogP contribution in [0.4, 0.5) is 26.3 Å². The van der Waals surface area contributed by atoms with Gasteiger partial charge >= 0.3 is 18.5 Å². The number of halogens is 6. The number of alkyl halides is 6. The Balaban J connectivity index is 0.000000334. The van der Waals surface area contributed by atoms with Crippen molar-refractivity contribution in [2.75, 3.05) is 20.0 Å². The number of rotatable bonds is 13. The monoisotopic (exact) mass is 484 g/mol. The lowest BCUT2D eigenvalue weighted by Crippen LogP contribution is -2.49. The number of benzene rings is 2. The quantitative estimate of drug-likeness (QED) is 0.234. The average molecular weight is 484 g/mol. The molecule has 0 aliphatic rings. The van der Waals surface area contributed by atoms with Crippen LogP contribution in [0.1, 0.15) is 26.7 Å². The molecule has 0 amide bonds. The van der Waals surface area contributed by atoms with Gasteiger partial charge in [0.2, 0.25) is 6.79 Å². The molecule has 0 aliphatic carbocycles. The van der Waals surface area contributed by atoms with Crippen LogP contribution >= 0.6 is 0 Å². The van der Waals surface area contributed by atoms with Crippen LogP contribution in [-0.2, 0) is 14.2 Å². The van der Waals surface area contributed by atoms with Crippen molar-refractivity contribution in [1.82, 2.24) is 0 Å². The highest BCUT2D eigenvalue weighted by Gasteiger charge is 2.64. The maximum Gasteiger partial charge on any atom is 0.490 e. The molecule has 186 valence electrons. The fraction of sp³-hybridized carbons (Fsp3) is 0.455. The van der Waals surface area contributed by atoms with Crippen LogP contribution < -0.4 is 9.47 Å². The molecule has 2 rings (SSSR count). The summed E-state index contributed by atoms with van der Waals surface area (Å²) in [5.41, 5.74) is 0. The number of ether oxygens (including phenoxy) is 5. The van der Waals surface area contributed by atoms with Crippen LogP contribution in [0.3, 0.4) is 0 Å². The number of para-hydroxylation sites is 2. The summed E-state index contributed by atoms with van der Waals surface area (Å²) < 4.78 is 97.0. The predicted octanol–water partition coefficient (Wildman–Crippen LogP) is 6.69. The second-order valence-corrected chi connectivity index (χ2v) is 6.33. The molecule has 0 bridgehead atoms. The normalized spacial score (nSPS) is 12.0. The lowest BCUT2D eigenvalue weighted by molar-refractivity contribution is -0.526. The maximum atomic E-state index is 12.8. The van der Waals surface area contributed by atoms with Crippen LogP contribution in [0.25, 0.3) is 0 Å². The van der Waals surface area contributed by atoms with Crippen molar-refractivity contribution in [2.45, 2.75) is 45.2 Å². The summed E-state index contributed by atoms with van der Waals surface area (Å²) in [6.45, 7) is 1.69. The number of hydrogen-bond acceptors (Lipinski definition) is 5. The largest absolute Gasteiger partial charge is 0.490 e. The van der Waals surface area contributed by atoms with Crippen molar-refractivity contribution in [1.29, 1.82) is 0 Å². The second kappa shape index (κ2) is 13.9. The molecule has 5 nitrogen and oxygen atoms in total. The van der Waals surface area contributed by atoms with Crippen molar-refractivity contribution < 1.29 is 50.0 Å². The standard InChI is InChI=1S/C13H12O2.C9H14F6O3/c1-3-7-12(8-4-1)14-11-15-13-9-5-2-6-10-13;1-3-5-16-7(10,11)8(12,13)18-9(14,15)17-6-4-2/h1-10H,11H2;3-6H2,1-2H3. The van der Waals surface area contributed by atoms with Crippen molar-refractivity contribution in [2.24, 2.45) is 0 Å². The van der Waals surface area contributed by atoms with E-state index in [0.717, 1.165) is 11.5 Å². The van der Waals surface area contributed by atoms with Gasteiger partial charge in [-0.3, -0.25) is 4.74 Å². The van der Waals surface area contributed by atoms with Gasteiger partial charge in [0.1, 0.15) is 11.5 Å². The first kappa shape index (κ1) is 28.5. The summed E-state index contributed by atoms with van der Waals surface area (Å²) >= 11 is 0. The Kier molecular flexibility index (Phi) is 12.0. The maximum absolute atomic E-state index is 12.8. The van der Waals surface area contributed by atoms with Gasteiger partial charge in [0.25, 0.3) is 0 Å². The Bertz CT molecular complexity index is 723. The van der Waals surface area contributed by atoms with E-state index in [1.165, 1.54) is 13.8 Å². The first-order valence-electron chi connectivity index (χ1n) is 10.00. The van der Waals surface area contributed by atoms with E-state index in [1.54, 1.807) is 0 Å².